The van der Waals surface area contributed by atoms with Crippen molar-refractivity contribution in [1.82, 2.24) is 5.32 Å². The van der Waals surface area contributed by atoms with E-state index in [4.69, 9.17) is 14.9 Å². The highest BCUT2D eigenvalue weighted by Gasteiger charge is 2.10. The van der Waals surface area contributed by atoms with Crippen molar-refractivity contribution in [1.29, 1.82) is 5.41 Å². The molecule has 112 valence electrons. The normalized spacial score (nSPS) is 9.64. The number of ether oxygens (including phenoxy) is 2. The molecule has 0 aliphatic heterocycles. The summed E-state index contributed by atoms with van der Waals surface area (Å²) in [5, 5.41) is 9.94. The molecule has 2 N–H and O–H groups in total. The monoisotopic (exact) mass is 298 g/mol. The first-order valence-electron chi connectivity index (χ1n) is 6.47. The molecule has 6 heteroatoms. The Bertz CT molecular complexity index is 656. The van der Waals surface area contributed by atoms with Gasteiger partial charge in [0.2, 0.25) is 6.79 Å². The fourth-order valence-corrected chi connectivity index (χ4v) is 1.61. The molecule has 0 heterocycles. The zero-order chi connectivity index (χ0) is 15.8. The van der Waals surface area contributed by atoms with E-state index in [0.29, 0.717) is 11.1 Å². The minimum absolute atomic E-state index is 0.0972. The van der Waals surface area contributed by atoms with Crippen LogP contribution in [0.4, 0.5) is 4.79 Å². The van der Waals surface area contributed by atoms with Crippen molar-refractivity contribution in [3.8, 4) is 0 Å². The second kappa shape index (κ2) is 7.58. The van der Waals surface area contributed by atoms with Gasteiger partial charge in [-0.15, -0.1) is 0 Å². The lowest BCUT2D eigenvalue weighted by atomic mass is 10.2. The minimum Gasteiger partial charge on any atom is -0.424 e. The molecule has 0 saturated carbocycles. The number of amides is 1. The second-order valence-corrected chi connectivity index (χ2v) is 4.21. The third kappa shape index (κ3) is 4.45. The van der Waals surface area contributed by atoms with Gasteiger partial charge in [-0.3, -0.25) is 10.7 Å². The standard InChI is InChI=1S/C16H14N2O4/c17-14(12-7-3-1-4-8-12)18-16(20)22-11-21-15(19)13-9-5-2-6-10-13/h1-10H,11H2,(H2,17,18,20). The molecule has 0 aliphatic carbocycles. The van der Waals surface area contributed by atoms with Crippen LogP contribution in [-0.2, 0) is 9.47 Å². The summed E-state index contributed by atoms with van der Waals surface area (Å²) >= 11 is 0. The minimum atomic E-state index is -0.866. The molecule has 2 aromatic carbocycles. The van der Waals surface area contributed by atoms with Crippen LogP contribution in [0.15, 0.2) is 60.7 Å². The smallest absolute Gasteiger partial charge is 0.415 e. The van der Waals surface area contributed by atoms with Crippen LogP contribution in [0.25, 0.3) is 0 Å². The molecule has 0 spiro atoms. The predicted molar refractivity (Wildman–Crippen MR) is 79.6 cm³/mol. The van der Waals surface area contributed by atoms with Gasteiger partial charge in [0.25, 0.3) is 0 Å². The van der Waals surface area contributed by atoms with Crippen molar-refractivity contribution in [2.75, 3.05) is 6.79 Å². The largest absolute Gasteiger partial charge is 0.424 e. The lowest BCUT2D eigenvalue weighted by Gasteiger charge is -2.08. The molecule has 0 fully saturated rings. The highest BCUT2D eigenvalue weighted by atomic mass is 16.7. The van der Waals surface area contributed by atoms with Crippen molar-refractivity contribution in [3.05, 3.63) is 71.8 Å². The van der Waals surface area contributed by atoms with Crippen molar-refractivity contribution >= 4 is 17.9 Å². The van der Waals surface area contributed by atoms with E-state index in [1.54, 1.807) is 60.7 Å². The Kier molecular flexibility index (Phi) is 5.25. The van der Waals surface area contributed by atoms with E-state index in [1.165, 1.54) is 0 Å². The average molecular weight is 298 g/mol. The molecule has 0 unspecified atom stereocenters. The number of rotatable bonds is 4. The molecular weight excluding hydrogens is 284 g/mol. The van der Waals surface area contributed by atoms with Gasteiger partial charge in [-0.1, -0.05) is 48.5 Å². The molecule has 0 aliphatic rings. The highest BCUT2D eigenvalue weighted by Crippen LogP contribution is 2.01. The van der Waals surface area contributed by atoms with Crippen LogP contribution in [0.1, 0.15) is 15.9 Å². The Morgan fingerprint density at radius 1 is 0.864 bits per heavy atom. The van der Waals surface area contributed by atoms with Gasteiger partial charge in [0.15, 0.2) is 0 Å². The fraction of sp³-hybridized carbons (Fsp3) is 0.0625. The first kappa shape index (κ1) is 15.2. The van der Waals surface area contributed by atoms with Gasteiger partial charge >= 0.3 is 12.1 Å². The maximum absolute atomic E-state index is 11.6. The van der Waals surface area contributed by atoms with Crippen LogP contribution in [0.2, 0.25) is 0 Å². The maximum atomic E-state index is 11.6. The number of carbonyl (C=O) groups is 2. The summed E-state index contributed by atoms with van der Waals surface area (Å²) in [5.41, 5.74) is 0.907. The maximum Gasteiger partial charge on any atom is 0.415 e. The van der Waals surface area contributed by atoms with Crippen molar-refractivity contribution < 1.29 is 19.1 Å². The SMILES string of the molecule is N=C(NC(=O)OCOC(=O)c1ccccc1)c1ccccc1. The van der Waals surface area contributed by atoms with Gasteiger partial charge < -0.3 is 9.47 Å². The summed E-state index contributed by atoms with van der Waals surface area (Å²) in [4.78, 5) is 23.1. The Hall–Kier alpha value is -3.15. The molecular formula is C16H14N2O4. The van der Waals surface area contributed by atoms with E-state index in [9.17, 15) is 9.59 Å². The Morgan fingerprint density at radius 3 is 2.00 bits per heavy atom. The van der Waals surface area contributed by atoms with Crippen molar-refractivity contribution in [3.63, 3.8) is 0 Å². The molecule has 2 aromatic rings. The van der Waals surface area contributed by atoms with E-state index < -0.39 is 18.9 Å². The zero-order valence-electron chi connectivity index (χ0n) is 11.6. The number of amidine groups is 1. The second-order valence-electron chi connectivity index (χ2n) is 4.21. The van der Waals surface area contributed by atoms with E-state index in [2.05, 4.69) is 5.32 Å². The van der Waals surface area contributed by atoms with E-state index in [1.807, 2.05) is 0 Å². The molecule has 22 heavy (non-hydrogen) atoms. The summed E-state index contributed by atoms with van der Waals surface area (Å²) in [7, 11) is 0. The number of carbonyl (C=O) groups excluding carboxylic acids is 2. The van der Waals surface area contributed by atoms with Crippen LogP contribution >= 0.6 is 0 Å². The quantitative estimate of drug-likeness (QED) is 0.393. The van der Waals surface area contributed by atoms with Gasteiger partial charge in [-0.25, -0.2) is 9.59 Å². The van der Waals surface area contributed by atoms with Gasteiger partial charge in [-0.05, 0) is 12.1 Å². The summed E-state index contributed by atoms with van der Waals surface area (Å²) in [6, 6.07) is 17.0. The summed E-state index contributed by atoms with van der Waals surface area (Å²) in [5.74, 6) is -0.688. The number of nitrogens with one attached hydrogen (secondary N) is 2. The molecule has 0 saturated heterocycles. The first-order valence-corrected chi connectivity index (χ1v) is 6.47. The Balaban J connectivity index is 1.74. The molecule has 0 bridgehead atoms. The van der Waals surface area contributed by atoms with Crippen LogP contribution < -0.4 is 5.32 Å². The molecule has 1 amide bonds. The van der Waals surface area contributed by atoms with Crippen molar-refractivity contribution in [2.45, 2.75) is 0 Å². The lowest BCUT2D eigenvalue weighted by molar-refractivity contribution is -0.00115. The van der Waals surface area contributed by atoms with Gasteiger partial charge in [0.1, 0.15) is 5.84 Å². The summed E-state index contributed by atoms with van der Waals surface area (Å²) in [6.07, 6.45) is -0.866. The van der Waals surface area contributed by atoms with E-state index in [0.717, 1.165) is 0 Å². The van der Waals surface area contributed by atoms with Crippen molar-refractivity contribution in [2.24, 2.45) is 0 Å². The highest BCUT2D eigenvalue weighted by molar-refractivity contribution is 6.04. The number of hydrogen-bond donors (Lipinski definition) is 2. The molecule has 2 rings (SSSR count). The first-order chi connectivity index (χ1) is 10.7. The third-order valence-electron chi connectivity index (χ3n) is 2.68. The van der Waals surface area contributed by atoms with Crippen LogP contribution in [0.3, 0.4) is 0 Å². The number of hydrogen-bond acceptors (Lipinski definition) is 5. The van der Waals surface area contributed by atoms with Crippen LogP contribution in [0.5, 0.6) is 0 Å². The number of alkyl carbamates (subject to hydrolysis) is 1. The zero-order valence-corrected chi connectivity index (χ0v) is 11.6. The fourth-order valence-electron chi connectivity index (χ4n) is 1.61. The predicted octanol–water partition coefficient (Wildman–Crippen LogP) is 2.55. The third-order valence-corrected chi connectivity index (χ3v) is 2.68. The van der Waals surface area contributed by atoms with Crippen LogP contribution in [-0.4, -0.2) is 24.7 Å². The van der Waals surface area contributed by atoms with Gasteiger partial charge in [-0.2, -0.15) is 0 Å². The average Bonchev–Trinajstić information content (AvgIpc) is 2.56. The molecule has 0 radical (unpaired) electrons. The molecule has 0 aromatic heterocycles. The van der Waals surface area contributed by atoms with E-state index in [-0.39, 0.29) is 5.84 Å². The van der Waals surface area contributed by atoms with Crippen LogP contribution in [0, 0.1) is 5.41 Å². The number of benzene rings is 2. The van der Waals surface area contributed by atoms with E-state index >= 15 is 0 Å². The van der Waals surface area contributed by atoms with Gasteiger partial charge in [0, 0.05) is 5.56 Å². The molecule has 6 nitrogen and oxygen atoms in total. The Labute approximate surface area is 127 Å². The Morgan fingerprint density at radius 2 is 1.41 bits per heavy atom. The summed E-state index contributed by atoms with van der Waals surface area (Å²) < 4.78 is 9.49. The number of esters is 1. The topological polar surface area (TPSA) is 88.5 Å². The molecule has 0 atom stereocenters. The lowest BCUT2D eigenvalue weighted by Crippen LogP contribution is -2.31. The summed E-state index contributed by atoms with van der Waals surface area (Å²) in [6.45, 7) is -0.526. The van der Waals surface area contributed by atoms with Gasteiger partial charge in [0.05, 0.1) is 5.56 Å².